The van der Waals surface area contributed by atoms with Crippen LogP contribution in [0.3, 0.4) is 0 Å². The van der Waals surface area contributed by atoms with Gasteiger partial charge in [0.2, 0.25) is 5.95 Å². The first-order valence-corrected chi connectivity index (χ1v) is 6.97. The third kappa shape index (κ3) is 7.13. The summed E-state index contributed by atoms with van der Waals surface area (Å²) in [4.78, 5) is 11.2. The van der Waals surface area contributed by atoms with Crippen molar-refractivity contribution in [3.63, 3.8) is 0 Å². The number of aliphatic imine (C=N–C) groups is 1. The summed E-state index contributed by atoms with van der Waals surface area (Å²) in [5.74, 6) is 0.499. The minimum Gasteiger partial charge on any atom is -0.383 e. The van der Waals surface area contributed by atoms with E-state index in [1.807, 2.05) is 6.92 Å². The molecule has 0 saturated heterocycles. The van der Waals surface area contributed by atoms with E-state index >= 15 is 0 Å². The zero-order chi connectivity index (χ0) is 17.3. The molecule has 0 aliphatic heterocycles. The van der Waals surface area contributed by atoms with Crippen LogP contribution in [-0.4, -0.2) is 55.8 Å². The Morgan fingerprint density at radius 3 is 2.74 bits per heavy atom. The van der Waals surface area contributed by atoms with Crippen LogP contribution in [-0.2, 0) is 10.9 Å². The van der Waals surface area contributed by atoms with E-state index in [1.165, 1.54) is 0 Å². The van der Waals surface area contributed by atoms with E-state index in [0.717, 1.165) is 12.3 Å². The number of nitrogens with one attached hydrogen (secondary N) is 3. The third-order valence-electron chi connectivity index (χ3n) is 2.67. The van der Waals surface area contributed by atoms with Crippen molar-refractivity contribution in [3.05, 3.63) is 18.0 Å². The molecule has 1 rings (SSSR count). The van der Waals surface area contributed by atoms with Gasteiger partial charge < -0.3 is 20.7 Å². The highest BCUT2D eigenvalue weighted by atomic mass is 19.4. The van der Waals surface area contributed by atoms with Crippen LogP contribution in [0, 0.1) is 0 Å². The molecule has 23 heavy (non-hydrogen) atoms. The fourth-order valence-corrected chi connectivity index (χ4v) is 1.68. The Labute approximate surface area is 132 Å². The Morgan fingerprint density at radius 2 is 2.13 bits per heavy atom. The van der Waals surface area contributed by atoms with Crippen molar-refractivity contribution >= 4 is 11.9 Å². The SMILES string of the molecule is CN=C(NCCNc1nccc(C(F)(F)F)n1)NC(C)COC. The maximum Gasteiger partial charge on any atom is 0.433 e. The fraction of sp³-hybridized carbons (Fsp3) is 0.615. The lowest BCUT2D eigenvalue weighted by molar-refractivity contribution is -0.141. The van der Waals surface area contributed by atoms with Crippen LogP contribution in [0.2, 0.25) is 0 Å². The average molecular weight is 334 g/mol. The Balaban J connectivity index is 2.39. The summed E-state index contributed by atoms with van der Waals surface area (Å²) in [7, 11) is 3.23. The number of methoxy groups -OCH3 is 1. The van der Waals surface area contributed by atoms with Crippen LogP contribution >= 0.6 is 0 Å². The summed E-state index contributed by atoms with van der Waals surface area (Å²) in [6.07, 6.45) is -3.42. The fourth-order valence-electron chi connectivity index (χ4n) is 1.68. The molecule has 0 aliphatic carbocycles. The molecule has 0 spiro atoms. The van der Waals surface area contributed by atoms with Gasteiger partial charge in [-0.2, -0.15) is 13.2 Å². The quantitative estimate of drug-likeness (QED) is 0.394. The lowest BCUT2D eigenvalue weighted by Crippen LogP contribution is -2.45. The van der Waals surface area contributed by atoms with Gasteiger partial charge in [0.15, 0.2) is 5.96 Å². The normalized spacial score (nSPS) is 13.6. The highest BCUT2D eigenvalue weighted by Crippen LogP contribution is 2.27. The molecule has 130 valence electrons. The van der Waals surface area contributed by atoms with Crippen LogP contribution in [0.1, 0.15) is 12.6 Å². The Hall–Kier alpha value is -2.10. The highest BCUT2D eigenvalue weighted by molar-refractivity contribution is 5.79. The molecule has 0 saturated carbocycles. The summed E-state index contributed by atoms with van der Waals surface area (Å²) in [6, 6.07) is 0.901. The maximum absolute atomic E-state index is 12.5. The van der Waals surface area contributed by atoms with Gasteiger partial charge in [-0.1, -0.05) is 0 Å². The highest BCUT2D eigenvalue weighted by Gasteiger charge is 2.32. The second-order valence-corrected chi connectivity index (χ2v) is 4.69. The molecule has 0 aromatic carbocycles. The van der Waals surface area contributed by atoms with E-state index in [4.69, 9.17) is 4.74 Å². The topological polar surface area (TPSA) is 83.5 Å². The van der Waals surface area contributed by atoms with E-state index in [1.54, 1.807) is 14.2 Å². The predicted molar refractivity (Wildman–Crippen MR) is 81.4 cm³/mol. The molecular weight excluding hydrogens is 313 g/mol. The second kappa shape index (κ2) is 9.13. The number of alkyl halides is 3. The zero-order valence-electron chi connectivity index (χ0n) is 13.2. The first kappa shape index (κ1) is 18.9. The van der Waals surface area contributed by atoms with Gasteiger partial charge in [-0.05, 0) is 13.0 Å². The van der Waals surface area contributed by atoms with E-state index in [-0.39, 0.29) is 12.0 Å². The predicted octanol–water partition coefficient (Wildman–Crippen LogP) is 1.11. The van der Waals surface area contributed by atoms with Gasteiger partial charge in [0, 0.05) is 39.5 Å². The summed E-state index contributed by atoms with van der Waals surface area (Å²) in [5, 5.41) is 8.84. The lowest BCUT2D eigenvalue weighted by Gasteiger charge is -2.17. The van der Waals surface area contributed by atoms with Crippen LogP contribution < -0.4 is 16.0 Å². The van der Waals surface area contributed by atoms with Crippen molar-refractivity contribution in [3.8, 4) is 0 Å². The first-order chi connectivity index (χ1) is 10.9. The Kier molecular flexibility index (Phi) is 7.52. The molecular formula is C13H21F3N6O. The summed E-state index contributed by atoms with van der Waals surface area (Å²) in [5.41, 5.74) is -0.978. The van der Waals surface area contributed by atoms with E-state index < -0.39 is 11.9 Å². The van der Waals surface area contributed by atoms with Crippen molar-refractivity contribution < 1.29 is 17.9 Å². The largest absolute Gasteiger partial charge is 0.433 e. The molecule has 0 amide bonds. The van der Waals surface area contributed by atoms with Crippen LogP contribution in [0.5, 0.6) is 0 Å². The molecule has 10 heteroatoms. The van der Waals surface area contributed by atoms with Crippen LogP contribution in [0.25, 0.3) is 0 Å². The van der Waals surface area contributed by atoms with Gasteiger partial charge in [-0.15, -0.1) is 0 Å². The Morgan fingerprint density at radius 1 is 1.39 bits per heavy atom. The smallest absolute Gasteiger partial charge is 0.383 e. The number of guanidine groups is 1. The third-order valence-corrected chi connectivity index (χ3v) is 2.67. The minimum atomic E-state index is -4.49. The second-order valence-electron chi connectivity index (χ2n) is 4.69. The number of rotatable bonds is 7. The van der Waals surface area contributed by atoms with Crippen molar-refractivity contribution in [2.45, 2.75) is 19.1 Å². The monoisotopic (exact) mass is 334 g/mol. The molecule has 3 N–H and O–H groups in total. The van der Waals surface area contributed by atoms with Crippen molar-refractivity contribution in [1.29, 1.82) is 0 Å². The van der Waals surface area contributed by atoms with Gasteiger partial charge in [0.1, 0.15) is 5.69 Å². The van der Waals surface area contributed by atoms with Crippen LogP contribution in [0.4, 0.5) is 19.1 Å². The minimum absolute atomic E-state index is 0.0719. The van der Waals surface area contributed by atoms with Gasteiger partial charge in [0.25, 0.3) is 0 Å². The van der Waals surface area contributed by atoms with E-state index in [9.17, 15) is 13.2 Å². The van der Waals surface area contributed by atoms with Crippen molar-refractivity contribution in [2.24, 2.45) is 4.99 Å². The average Bonchev–Trinajstić information content (AvgIpc) is 2.50. The van der Waals surface area contributed by atoms with Gasteiger partial charge in [-0.25, -0.2) is 9.97 Å². The number of aromatic nitrogens is 2. The van der Waals surface area contributed by atoms with Crippen molar-refractivity contribution in [2.75, 3.05) is 39.2 Å². The number of ether oxygens (including phenoxy) is 1. The number of nitrogens with zero attached hydrogens (tertiary/aromatic N) is 3. The lowest BCUT2D eigenvalue weighted by atomic mass is 10.4. The van der Waals surface area contributed by atoms with Gasteiger partial charge in [0.05, 0.1) is 6.61 Å². The van der Waals surface area contributed by atoms with E-state index in [0.29, 0.717) is 25.7 Å². The van der Waals surface area contributed by atoms with Gasteiger partial charge in [-0.3, -0.25) is 4.99 Å². The molecule has 7 nitrogen and oxygen atoms in total. The summed E-state index contributed by atoms with van der Waals surface area (Å²) in [6.45, 7) is 3.22. The van der Waals surface area contributed by atoms with E-state index in [2.05, 4.69) is 30.9 Å². The molecule has 1 unspecified atom stereocenters. The number of hydrogen-bond acceptors (Lipinski definition) is 5. The molecule has 0 radical (unpaired) electrons. The maximum atomic E-state index is 12.5. The molecule has 1 atom stereocenters. The van der Waals surface area contributed by atoms with Crippen molar-refractivity contribution in [1.82, 2.24) is 20.6 Å². The van der Waals surface area contributed by atoms with Gasteiger partial charge >= 0.3 is 6.18 Å². The molecule has 1 heterocycles. The standard InChI is InChI=1S/C13H21F3N6O/c1-9(8-23-3)21-11(17-2)19-6-7-20-12-18-5-4-10(22-12)13(14,15)16/h4-5,9H,6-8H2,1-3H3,(H2,17,19,21)(H,18,20,22). The molecule has 0 bridgehead atoms. The number of hydrogen-bond donors (Lipinski definition) is 3. The summed E-state index contributed by atoms with van der Waals surface area (Å²) < 4.78 is 42.6. The number of anilines is 1. The molecule has 0 fully saturated rings. The molecule has 1 aromatic heterocycles. The zero-order valence-corrected chi connectivity index (χ0v) is 13.2. The molecule has 1 aromatic rings. The Bertz CT molecular complexity index is 509. The van der Waals surface area contributed by atoms with Crippen LogP contribution in [0.15, 0.2) is 17.3 Å². The summed E-state index contributed by atoms with van der Waals surface area (Å²) >= 11 is 0. The first-order valence-electron chi connectivity index (χ1n) is 6.97. The molecule has 0 aliphatic rings. The number of halogens is 3.